The number of aliphatic hydroxyl groups is 1. The summed E-state index contributed by atoms with van der Waals surface area (Å²) in [5.41, 5.74) is 1.14. The maximum absolute atomic E-state index is 9.74. The third kappa shape index (κ3) is 6.89. The van der Waals surface area contributed by atoms with E-state index in [1.807, 2.05) is 31.2 Å². The minimum Gasteiger partial charge on any atom is -0.389 e. The van der Waals surface area contributed by atoms with Crippen LogP contribution in [0.1, 0.15) is 18.5 Å². The Hall–Kier alpha value is -0.650. The van der Waals surface area contributed by atoms with Crippen LogP contribution in [0, 0.1) is 0 Å². The summed E-state index contributed by atoms with van der Waals surface area (Å²) in [6.07, 6.45) is -0.522. The van der Waals surface area contributed by atoms with Crippen molar-refractivity contribution < 1.29 is 14.6 Å². The molecule has 4 nitrogen and oxygen atoms in total. The summed E-state index contributed by atoms with van der Waals surface area (Å²) in [5, 5.41) is 13.7. The first kappa shape index (κ1) is 16.4. The van der Waals surface area contributed by atoms with Crippen LogP contribution in [0.4, 0.5) is 0 Å². The predicted octanol–water partition coefficient (Wildman–Crippen LogP) is 2.01. The Balaban J connectivity index is 2.22. The summed E-state index contributed by atoms with van der Waals surface area (Å²) in [4.78, 5) is 0. The first-order valence-electron chi connectivity index (χ1n) is 6.37. The van der Waals surface area contributed by atoms with E-state index in [9.17, 15) is 5.11 Å². The molecule has 2 atom stereocenters. The number of rotatable bonds is 9. The van der Waals surface area contributed by atoms with E-state index in [-0.39, 0.29) is 6.04 Å². The number of hydrogen-bond donors (Lipinski definition) is 2. The van der Waals surface area contributed by atoms with E-state index in [1.165, 1.54) is 0 Å². The maximum Gasteiger partial charge on any atom is 0.0897 e. The average Bonchev–Trinajstić information content (AvgIpc) is 2.42. The largest absolute Gasteiger partial charge is 0.389 e. The van der Waals surface area contributed by atoms with E-state index in [1.54, 1.807) is 7.11 Å². The molecular formula is C14H22ClNO3. The van der Waals surface area contributed by atoms with Crippen molar-refractivity contribution in [2.45, 2.75) is 19.1 Å². The van der Waals surface area contributed by atoms with Crippen LogP contribution in [0.3, 0.4) is 0 Å². The van der Waals surface area contributed by atoms with Gasteiger partial charge in [0.1, 0.15) is 0 Å². The average molecular weight is 288 g/mol. The van der Waals surface area contributed by atoms with E-state index in [2.05, 4.69) is 5.32 Å². The van der Waals surface area contributed by atoms with Crippen LogP contribution in [0.15, 0.2) is 24.3 Å². The molecule has 0 heterocycles. The van der Waals surface area contributed by atoms with Crippen molar-refractivity contribution in [2.75, 3.05) is 33.5 Å². The summed E-state index contributed by atoms with van der Waals surface area (Å²) < 4.78 is 10.1. The lowest BCUT2D eigenvalue weighted by Crippen LogP contribution is -2.32. The quantitative estimate of drug-likeness (QED) is 0.682. The molecule has 0 saturated carbocycles. The zero-order chi connectivity index (χ0) is 14.1. The summed E-state index contributed by atoms with van der Waals surface area (Å²) in [5.74, 6) is 0. The molecule has 0 saturated heterocycles. The fourth-order valence-corrected chi connectivity index (χ4v) is 1.73. The molecule has 0 aliphatic carbocycles. The molecule has 0 bridgehead atoms. The Morgan fingerprint density at radius 2 is 1.95 bits per heavy atom. The SMILES string of the molecule is COCCOCC(O)CN[C@H](C)c1ccc(Cl)cc1. The molecule has 0 aliphatic rings. The van der Waals surface area contributed by atoms with Crippen LogP contribution in [-0.4, -0.2) is 44.7 Å². The van der Waals surface area contributed by atoms with E-state index >= 15 is 0 Å². The summed E-state index contributed by atoms with van der Waals surface area (Å²) in [6, 6.07) is 7.83. The lowest BCUT2D eigenvalue weighted by atomic mass is 10.1. The Kier molecular flexibility index (Phi) is 8.02. The Bertz CT molecular complexity index is 345. The Morgan fingerprint density at radius 1 is 1.26 bits per heavy atom. The van der Waals surface area contributed by atoms with Crippen LogP contribution >= 0.6 is 11.6 Å². The molecule has 108 valence electrons. The van der Waals surface area contributed by atoms with Gasteiger partial charge >= 0.3 is 0 Å². The minimum absolute atomic E-state index is 0.158. The van der Waals surface area contributed by atoms with Crippen LogP contribution in [0.2, 0.25) is 5.02 Å². The van der Waals surface area contributed by atoms with Gasteiger partial charge in [-0.15, -0.1) is 0 Å². The topological polar surface area (TPSA) is 50.7 Å². The number of halogens is 1. The highest BCUT2D eigenvalue weighted by atomic mass is 35.5. The van der Waals surface area contributed by atoms with E-state index in [4.69, 9.17) is 21.1 Å². The lowest BCUT2D eigenvalue weighted by Gasteiger charge is -2.17. The molecule has 0 spiro atoms. The van der Waals surface area contributed by atoms with Gasteiger partial charge < -0.3 is 19.9 Å². The molecule has 2 N–H and O–H groups in total. The summed E-state index contributed by atoms with van der Waals surface area (Å²) >= 11 is 5.84. The molecule has 1 rings (SSSR count). The van der Waals surface area contributed by atoms with Crippen molar-refractivity contribution in [3.05, 3.63) is 34.9 Å². The van der Waals surface area contributed by atoms with Gasteiger partial charge in [-0.25, -0.2) is 0 Å². The number of benzene rings is 1. The van der Waals surface area contributed by atoms with Gasteiger partial charge in [-0.3, -0.25) is 0 Å². The number of ether oxygens (including phenoxy) is 2. The summed E-state index contributed by atoms with van der Waals surface area (Å²) in [7, 11) is 1.62. The van der Waals surface area contributed by atoms with Gasteiger partial charge in [0, 0.05) is 24.7 Å². The standard InChI is InChI=1S/C14H22ClNO3/c1-11(12-3-5-13(15)6-4-12)16-9-14(17)10-19-8-7-18-2/h3-6,11,14,16-17H,7-10H2,1-2H3/t11-,14?/m1/s1. The van der Waals surface area contributed by atoms with Crippen molar-refractivity contribution in [1.82, 2.24) is 5.32 Å². The first-order chi connectivity index (χ1) is 9.13. The van der Waals surface area contributed by atoms with Gasteiger partial charge in [-0.1, -0.05) is 23.7 Å². The molecule has 1 unspecified atom stereocenters. The monoisotopic (exact) mass is 287 g/mol. The second-order valence-corrected chi connectivity index (χ2v) is 4.84. The molecule has 19 heavy (non-hydrogen) atoms. The second kappa shape index (κ2) is 9.28. The zero-order valence-corrected chi connectivity index (χ0v) is 12.2. The van der Waals surface area contributed by atoms with Gasteiger partial charge in [-0.2, -0.15) is 0 Å². The van der Waals surface area contributed by atoms with Crippen molar-refractivity contribution in [3.8, 4) is 0 Å². The molecule has 0 radical (unpaired) electrons. The lowest BCUT2D eigenvalue weighted by molar-refractivity contribution is 0.0130. The molecule has 1 aromatic rings. The third-order valence-corrected chi connectivity index (χ3v) is 3.02. The van der Waals surface area contributed by atoms with Gasteiger partial charge in [0.05, 0.1) is 25.9 Å². The first-order valence-corrected chi connectivity index (χ1v) is 6.75. The fourth-order valence-electron chi connectivity index (χ4n) is 1.60. The van der Waals surface area contributed by atoms with E-state index < -0.39 is 6.10 Å². The predicted molar refractivity (Wildman–Crippen MR) is 76.6 cm³/mol. The zero-order valence-electron chi connectivity index (χ0n) is 11.4. The highest BCUT2D eigenvalue weighted by Crippen LogP contribution is 2.15. The second-order valence-electron chi connectivity index (χ2n) is 4.40. The van der Waals surface area contributed by atoms with Crippen LogP contribution in [-0.2, 0) is 9.47 Å². The number of methoxy groups -OCH3 is 1. The molecule has 0 fully saturated rings. The highest BCUT2D eigenvalue weighted by molar-refractivity contribution is 6.30. The molecule has 5 heteroatoms. The number of aliphatic hydroxyl groups excluding tert-OH is 1. The van der Waals surface area contributed by atoms with Gasteiger partial charge in [0.25, 0.3) is 0 Å². The van der Waals surface area contributed by atoms with Gasteiger partial charge in [0.15, 0.2) is 0 Å². The van der Waals surface area contributed by atoms with Crippen LogP contribution in [0.25, 0.3) is 0 Å². The van der Waals surface area contributed by atoms with Crippen molar-refractivity contribution in [3.63, 3.8) is 0 Å². The van der Waals surface area contributed by atoms with Crippen molar-refractivity contribution in [1.29, 1.82) is 0 Å². The smallest absolute Gasteiger partial charge is 0.0897 e. The van der Waals surface area contributed by atoms with Crippen LogP contribution in [0.5, 0.6) is 0 Å². The van der Waals surface area contributed by atoms with Crippen molar-refractivity contribution >= 4 is 11.6 Å². The minimum atomic E-state index is -0.522. The van der Waals surface area contributed by atoms with Crippen LogP contribution < -0.4 is 5.32 Å². The van der Waals surface area contributed by atoms with Gasteiger partial charge in [-0.05, 0) is 24.6 Å². The molecule has 0 amide bonds. The third-order valence-electron chi connectivity index (χ3n) is 2.77. The maximum atomic E-state index is 9.74. The normalized spacial score (nSPS) is 14.3. The van der Waals surface area contributed by atoms with Gasteiger partial charge in [0.2, 0.25) is 0 Å². The highest BCUT2D eigenvalue weighted by Gasteiger charge is 2.08. The molecule has 0 aliphatic heterocycles. The Labute approximate surface area is 119 Å². The van der Waals surface area contributed by atoms with E-state index in [0.717, 1.165) is 10.6 Å². The molecule has 1 aromatic carbocycles. The summed E-state index contributed by atoms with van der Waals surface area (Å²) in [6.45, 7) is 3.88. The molecule has 0 aromatic heterocycles. The van der Waals surface area contributed by atoms with E-state index in [0.29, 0.717) is 26.4 Å². The molecular weight excluding hydrogens is 266 g/mol. The Morgan fingerprint density at radius 3 is 2.58 bits per heavy atom. The number of nitrogens with one attached hydrogen (secondary N) is 1. The fraction of sp³-hybridized carbons (Fsp3) is 0.571. The van der Waals surface area contributed by atoms with Crippen molar-refractivity contribution in [2.24, 2.45) is 0 Å². The number of hydrogen-bond acceptors (Lipinski definition) is 4.